The van der Waals surface area contributed by atoms with Crippen molar-refractivity contribution in [3.05, 3.63) is 65.2 Å². The third-order valence-corrected chi connectivity index (χ3v) is 3.77. The fourth-order valence-electron chi connectivity index (χ4n) is 2.40. The Morgan fingerprint density at radius 1 is 1.10 bits per heavy atom. The maximum atomic E-state index is 6.00. The molecule has 2 heteroatoms. The van der Waals surface area contributed by atoms with Crippen LogP contribution in [0.15, 0.2) is 48.5 Å². The van der Waals surface area contributed by atoms with Gasteiger partial charge in [-0.2, -0.15) is 0 Å². The molecule has 0 heterocycles. The van der Waals surface area contributed by atoms with Crippen LogP contribution < -0.4 is 10.1 Å². The molecule has 21 heavy (non-hydrogen) atoms. The molecule has 0 saturated carbocycles. The van der Waals surface area contributed by atoms with Gasteiger partial charge in [0.05, 0.1) is 6.61 Å². The number of hydrogen-bond acceptors (Lipinski definition) is 2. The van der Waals surface area contributed by atoms with Gasteiger partial charge in [0.15, 0.2) is 0 Å². The zero-order valence-corrected chi connectivity index (χ0v) is 13.2. The molecule has 112 valence electrons. The molecule has 0 saturated heterocycles. The van der Waals surface area contributed by atoms with E-state index >= 15 is 0 Å². The van der Waals surface area contributed by atoms with Gasteiger partial charge in [-0.15, -0.1) is 0 Å². The summed E-state index contributed by atoms with van der Waals surface area (Å²) in [5.74, 6) is 0.996. The van der Waals surface area contributed by atoms with Gasteiger partial charge in [-0.25, -0.2) is 0 Å². The normalized spacial score (nSPS) is 12.1. The first-order valence-electron chi connectivity index (χ1n) is 7.65. The standard InChI is InChI=1S/C19H25NO/c1-15-11-12-19(18(14-15)16(2)20-3)21-13-7-10-17-8-5-4-6-9-17/h4-6,8-9,11-12,14,16,20H,7,10,13H2,1-3H3. The average molecular weight is 283 g/mol. The lowest BCUT2D eigenvalue weighted by atomic mass is 10.0. The highest BCUT2D eigenvalue weighted by atomic mass is 16.5. The Labute approximate surface area is 128 Å². The molecule has 2 nitrogen and oxygen atoms in total. The van der Waals surface area contributed by atoms with Crippen LogP contribution in [0.4, 0.5) is 0 Å². The van der Waals surface area contributed by atoms with Gasteiger partial charge in [0.25, 0.3) is 0 Å². The molecular formula is C19H25NO. The molecule has 0 aliphatic carbocycles. The molecule has 0 fully saturated rings. The largest absolute Gasteiger partial charge is 0.493 e. The minimum Gasteiger partial charge on any atom is -0.493 e. The van der Waals surface area contributed by atoms with Crippen LogP contribution in [-0.4, -0.2) is 13.7 Å². The Morgan fingerprint density at radius 2 is 1.86 bits per heavy atom. The fourth-order valence-corrected chi connectivity index (χ4v) is 2.40. The molecule has 2 aromatic carbocycles. The third kappa shape index (κ3) is 4.61. The van der Waals surface area contributed by atoms with Crippen LogP contribution in [0.5, 0.6) is 5.75 Å². The van der Waals surface area contributed by atoms with Gasteiger partial charge >= 0.3 is 0 Å². The topological polar surface area (TPSA) is 21.3 Å². The highest BCUT2D eigenvalue weighted by molar-refractivity contribution is 5.38. The van der Waals surface area contributed by atoms with Crippen molar-refractivity contribution >= 4 is 0 Å². The van der Waals surface area contributed by atoms with Crippen LogP contribution >= 0.6 is 0 Å². The highest BCUT2D eigenvalue weighted by Gasteiger charge is 2.10. The monoisotopic (exact) mass is 283 g/mol. The van der Waals surface area contributed by atoms with Gasteiger partial charge in [-0.3, -0.25) is 0 Å². The lowest BCUT2D eigenvalue weighted by molar-refractivity contribution is 0.305. The van der Waals surface area contributed by atoms with Crippen LogP contribution in [-0.2, 0) is 6.42 Å². The number of rotatable bonds is 7. The molecule has 0 aromatic heterocycles. The van der Waals surface area contributed by atoms with Crippen LogP contribution in [0.3, 0.4) is 0 Å². The molecular weight excluding hydrogens is 258 g/mol. The molecule has 0 aliphatic rings. The molecule has 0 aliphatic heterocycles. The van der Waals surface area contributed by atoms with E-state index in [9.17, 15) is 0 Å². The predicted molar refractivity (Wildman–Crippen MR) is 88.9 cm³/mol. The van der Waals surface area contributed by atoms with Crippen molar-refractivity contribution < 1.29 is 4.74 Å². The lowest BCUT2D eigenvalue weighted by Crippen LogP contribution is -2.14. The minimum atomic E-state index is 0.300. The van der Waals surface area contributed by atoms with E-state index in [0.29, 0.717) is 6.04 Å². The first kappa shape index (κ1) is 15.6. The van der Waals surface area contributed by atoms with Crippen LogP contribution in [0.25, 0.3) is 0 Å². The summed E-state index contributed by atoms with van der Waals surface area (Å²) in [6.45, 7) is 5.03. The van der Waals surface area contributed by atoms with Crippen molar-refractivity contribution in [2.24, 2.45) is 0 Å². The predicted octanol–water partition coefficient (Wildman–Crippen LogP) is 4.29. The summed E-state index contributed by atoms with van der Waals surface area (Å²) < 4.78 is 6.00. The second-order valence-corrected chi connectivity index (χ2v) is 5.49. The number of aryl methyl sites for hydroxylation is 2. The maximum Gasteiger partial charge on any atom is 0.124 e. The van der Waals surface area contributed by atoms with E-state index in [1.165, 1.54) is 16.7 Å². The fraction of sp³-hybridized carbons (Fsp3) is 0.368. The van der Waals surface area contributed by atoms with Crippen molar-refractivity contribution in [2.45, 2.75) is 32.7 Å². The summed E-state index contributed by atoms with van der Waals surface area (Å²) in [5.41, 5.74) is 3.87. The summed E-state index contributed by atoms with van der Waals surface area (Å²) in [6.07, 6.45) is 2.09. The van der Waals surface area contributed by atoms with Crippen molar-refractivity contribution in [3.8, 4) is 5.75 Å². The summed E-state index contributed by atoms with van der Waals surface area (Å²) in [6, 6.07) is 17.3. The number of hydrogen-bond donors (Lipinski definition) is 1. The van der Waals surface area contributed by atoms with E-state index in [2.05, 4.69) is 67.7 Å². The number of nitrogens with one attached hydrogen (secondary N) is 1. The first-order chi connectivity index (χ1) is 10.2. The van der Waals surface area contributed by atoms with E-state index in [4.69, 9.17) is 4.74 Å². The molecule has 2 aromatic rings. The van der Waals surface area contributed by atoms with Gasteiger partial charge in [0, 0.05) is 11.6 Å². The van der Waals surface area contributed by atoms with Crippen molar-refractivity contribution in [1.29, 1.82) is 0 Å². The molecule has 2 rings (SSSR count). The van der Waals surface area contributed by atoms with Gasteiger partial charge in [-0.1, -0.05) is 48.0 Å². The second-order valence-electron chi connectivity index (χ2n) is 5.49. The molecule has 0 bridgehead atoms. The SMILES string of the molecule is CNC(C)c1cc(C)ccc1OCCCc1ccccc1. The highest BCUT2D eigenvalue weighted by Crippen LogP contribution is 2.26. The third-order valence-electron chi connectivity index (χ3n) is 3.77. The summed E-state index contributed by atoms with van der Waals surface area (Å²) in [7, 11) is 1.98. The zero-order valence-electron chi connectivity index (χ0n) is 13.2. The Morgan fingerprint density at radius 3 is 2.57 bits per heavy atom. The van der Waals surface area contributed by atoms with E-state index in [-0.39, 0.29) is 0 Å². The zero-order chi connectivity index (χ0) is 15.1. The average Bonchev–Trinajstić information content (AvgIpc) is 2.53. The number of ether oxygens (including phenoxy) is 1. The Bertz CT molecular complexity index is 551. The van der Waals surface area contributed by atoms with Crippen LogP contribution in [0.1, 0.15) is 36.1 Å². The van der Waals surface area contributed by atoms with Crippen LogP contribution in [0, 0.1) is 6.92 Å². The quantitative estimate of drug-likeness (QED) is 0.765. The molecule has 1 atom stereocenters. The number of benzene rings is 2. The molecule has 0 radical (unpaired) electrons. The lowest BCUT2D eigenvalue weighted by Gasteiger charge is -2.17. The second kappa shape index (κ2) is 7.84. The van der Waals surface area contributed by atoms with Gasteiger partial charge in [-0.05, 0) is 45.4 Å². The Balaban J connectivity index is 1.91. The maximum absolute atomic E-state index is 6.00. The summed E-state index contributed by atoms with van der Waals surface area (Å²) >= 11 is 0. The molecule has 1 N–H and O–H groups in total. The van der Waals surface area contributed by atoms with E-state index in [1.807, 2.05) is 7.05 Å². The first-order valence-corrected chi connectivity index (χ1v) is 7.65. The van der Waals surface area contributed by atoms with Gasteiger partial charge in [0.1, 0.15) is 5.75 Å². The van der Waals surface area contributed by atoms with Gasteiger partial charge in [0.2, 0.25) is 0 Å². The minimum absolute atomic E-state index is 0.300. The van der Waals surface area contributed by atoms with E-state index in [0.717, 1.165) is 25.2 Å². The van der Waals surface area contributed by atoms with E-state index in [1.54, 1.807) is 0 Å². The van der Waals surface area contributed by atoms with Crippen molar-refractivity contribution in [2.75, 3.05) is 13.7 Å². The molecule has 1 unspecified atom stereocenters. The van der Waals surface area contributed by atoms with Gasteiger partial charge < -0.3 is 10.1 Å². The Kier molecular flexibility index (Phi) is 5.82. The van der Waals surface area contributed by atoms with Crippen molar-refractivity contribution in [1.82, 2.24) is 5.32 Å². The molecule has 0 spiro atoms. The summed E-state index contributed by atoms with van der Waals surface area (Å²) in [4.78, 5) is 0. The molecule has 0 amide bonds. The van der Waals surface area contributed by atoms with Crippen LogP contribution in [0.2, 0.25) is 0 Å². The summed E-state index contributed by atoms with van der Waals surface area (Å²) in [5, 5.41) is 3.29. The van der Waals surface area contributed by atoms with E-state index < -0.39 is 0 Å². The van der Waals surface area contributed by atoms with Crippen molar-refractivity contribution in [3.63, 3.8) is 0 Å². The Hall–Kier alpha value is -1.80. The smallest absolute Gasteiger partial charge is 0.124 e.